The highest BCUT2D eigenvalue weighted by Gasteiger charge is 2.22. The molecule has 1 heterocycles. The second-order valence-electron chi connectivity index (χ2n) is 5.44. The van der Waals surface area contributed by atoms with Crippen LogP contribution in [-0.4, -0.2) is 19.3 Å². The number of epoxide rings is 1. The fraction of sp³-hybridized carbons (Fsp3) is 0.556. The quantitative estimate of drug-likeness (QED) is 0.450. The van der Waals surface area contributed by atoms with E-state index >= 15 is 0 Å². The highest BCUT2D eigenvalue weighted by atomic mass is 16.6. The zero-order valence-corrected chi connectivity index (χ0v) is 12.5. The molecule has 0 N–H and O–H groups in total. The van der Waals surface area contributed by atoms with Gasteiger partial charge < -0.3 is 9.47 Å². The third-order valence-corrected chi connectivity index (χ3v) is 3.48. The molecule has 0 saturated carbocycles. The Morgan fingerprint density at radius 1 is 1.25 bits per heavy atom. The average Bonchev–Trinajstić information content (AvgIpc) is 3.29. The Hall–Kier alpha value is -1.28. The second-order valence-corrected chi connectivity index (χ2v) is 5.44. The topological polar surface area (TPSA) is 21.8 Å². The highest BCUT2D eigenvalue weighted by Crippen LogP contribution is 2.17. The largest absolute Gasteiger partial charge is 0.491 e. The third-order valence-electron chi connectivity index (χ3n) is 3.48. The van der Waals surface area contributed by atoms with Crippen molar-refractivity contribution in [1.29, 1.82) is 0 Å². The van der Waals surface area contributed by atoms with Gasteiger partial charge >= 0.3 is 0 Å². The van der Waals surface area contributed by atoms with Crippen molar-refractivity contribution in [2.75, 3.05) is 13.2 Å². The van der Waals surface area contributed by atoms with E-state index in [0.29, 0.717) is 12.7 Å². The lowest BCUT2D eigenvalue weighted by atomic mass is 10.1. The number of benzene rings is 1. The highest BCUT2D eigenvalue weighted by molar-refractivity contribution is 5.51. The number of unbranched alkanes of at least 4 members (excludes halogenated alkanes) is 5. The average molecular weight is 274 g/mol. The summed E-state index contributed by atoms with van der Waals surface area (Å²) in [5.41, 5.74) is 1.22. The van der Waals surface area contributed by atoms with Crippen molar-refractivity contribution < 1.29 is 9.47 Å². The van der Waals surface area contributed by atoms with Crippen LogP contribution in [0.15, 0.2) is 30.3 Å². The molecule has 1 aromatic rings. The van der Waals surface area contributed by atoms with E-state index in [4.69, 9.17) is 9.47 Å². The molecule has 1 atom stereocenters. The molecule has 1 saturated heterocycles. The van der Waals surface area contributed by atoms with Gasteiger partial charge in [0, 0.05) is 0 Å². The lowest BCUT2D eigenvalue weighted by Gasteiger charge is -2.04. The molecule has 1 unspecified atom stereocenters. The summed E-state index contributed by atoms with van der Waals surface area (Å²) < 4.78 is 10.8. The van der Waals surface area contributed by atoms with E-state index in [1.54, 1.807) is 0 Å². The van der Waals surface area contributed by atoms with Crippen molar-refractivity contribution in [2.45, 2.75) is 51.6 Å². The number of hydrogen-bond acceptors (Lipinski definition) is 2. The maximum absolute atomic E-state index is 5.68. The first-order valence-corrected chi connectivity index (χ1v) is 7.89. The Morgan fingerprint density at radius 2 is 2.10 bits per heavy atom. The van der Waals surface area contributed by atoms with Gasteiger partial charge in [-0.25, -0.2) is 0 Å². The Bertz CT molecular complexity index is 408. The predicted octanol–water partition coefficient (Wildman–Crippen LogP) is 4.84. The van der Waals surface area contributed by atoms with Crippen LogP contribution in [0.3, 0.4) is 0 Å². The maximum Gasteiger partial charge on any atom is 0.120 e. The molecule has 0 aliphatic carbocycles. The standard InChI is InChI=1S/C18H26O2/c1-2-3-4-5-6-7-8-10-16-11-9-12-17(13-16)19-14-18-15-20-18/h8-13,18H,2-7,14-15H2,1H3/b10-8+. The molecular formula is C18H26O2. The maximum atomic E-state index is 5.68. The minimum absolute atomic E-state index is 0.317. The van der Waals surface area contributed by atoms with Gasteiger partial charge in [-0.2, -0.15) is 0 Å². The zero-order valence-electron chi connectivity index (χ0n) is 12.5. The van der Waals surface area contributed by atoms with Gasteiger partial charge in [0.2, 0.25) is 0 Å². The van der Waals surface area contributed by atoms with Crippen LogP contribution in [0.4, 0.5) is 0 Å². The van der Waals surface area contributed by atoms with Gasteiger partial charge in [0.15, 0.2) is 0 Å². The van der Waals surface area contributed by atoms with Crippen LogP contribution in [0.25, 0.3) is 6.08 Å². The molecule has 1 fully saturated rings. The lowest BCUT2D eigenvalue weighted by molar-refractivity contribution is 0.263. The molecular weight excluding hydrogens is 248 g/mol. The van der Waals surface area contributed by atoms with Crippen molar-refractivity contribution in [3.63, 3.8) is 0 Å². The molecule has 0 spiro atoms. The van der Waals surface area contributed by atoms with Crippen molar-refractivity contribution in [3.8, 4) is 5.75 Å². The Balaban J connectivity index is 1.66. The summed E-state index contributed by atoms with van der Waals surface area (Å²) in [5, 5.41) is 0. The molecule has 0 bridgehead atoms. The minimum Gasteiger partial charge on any atom is -0.491 e. The number of rotatable bonds is 10. The van der Waals surface area contributed by atoms with E-state index in [-0.39, 0.29) is 0 Å². The number of allylic oxidation sites excluding steroid dienone is 1. The van der Waals surface area contributed by atoms with Crippen molar-refractivity contribution in [3.05, 3.63) is 35.9 Å². The second kappa shape index (κ2) is 8.80. The first-order valence-electron chi connectivity index (χ1n) is 7.89. The number of ether oxygens (including phenoxy) is 2. The van der Waals surface area contributed by atoms with Crippen LogP contribution in [-0.2, 0) is 4.74 Å². The molecule has 20 heavy (non-hydrogen) atoms. The van der Waals surface area contributed by atoms with Gasteiger partial charge in [-0.05, 0) is 30.5 Å². The van der Waals surface area contributed by atoms with E-state index in [1.807, 2.05) is 12.1 Å². The summed E-state index contributed by atoms with van der Waals surface area (Å²) in [5.74, 6) is 0.936. The van der Waals surface area contributed by atoms with Crippen LogP contribution < -0.4 is 4.74 Å². The fourth-order valence-electron chi connectivity index (χ4n) is 2.15. The molecule has 1 aliphatic rings. The molecule has 2 heteroatoms. The Labute approximate surface area is 122 Å². The predicted molar refractivity (Wildman–Crippen MR) is 84.1 cm³/mol. The summed E-state index contributed by atoms with van der Waals surface area (Å²) in [6, 6.07) is 8.26. The van der Waals surface area contributed by atoms with Crippen LogP contribution in [0.1, 0.15) is 51.0 Å². The van der Waals surface area contributed by atoms with E-state index < -0.39 is 0 Å². The first kappa shape index (κ1) is 15.1. The van der Waals surface area contributed by atoms with Crippen LogP contribution in [0, 0.1) is 0 Å². The van der Waals surface area contributed by atoms with Gasteiger partial charge in [-0.15, -0.1) is 0 Å². The Morgan fingerprint density at radius 3 is 2.90 bits per heavy atom. The fourth-order valence-corrected chi connectivity index (χ4v) is 2.15. The summed E-state index contributed by atoms with van der Waals surface area (Å²) >= 11 is 0. The lowest BCUT2D eigenvalue weighted by Crippen LogP contribution is -2.03. The van der Waals surface area contributed by atoms with Crippen LogP contribution in [0.2, 0.25) is 0 Å². The molecule has 0 radical (unpaired) electrons. The van der Waals surface area contributed by atoms with Crippen LogP contribution >= 0.6 is 0 Å². The van der Waals surface area contributed by atoms with E-state index in [2.05, 4.69) is 31.2 Å². The van der Waals surface area contributed by atoms with Gasteiger partial charge in [0.05, 0.1) is 6.61 Å². The smallest absolute Gasteiger partial charge is 0.120 e. The normalized spacial score (nSPS) is 17.6. The van der Waals surface area contributed by atoms with E-state index in [1.165, 1.54) is 44.1 Å². The summed E-state index contributed by atoms with van der Waals surface area (Å²) in [7, 11) is 0. The van der Waals surface area contributed by atoms with Gasteiger partial charge in [-0.1, -0.05) is 56.9 Å². The SMILES string of the molecule is CCCCCCC/C=C/c1cccc(OCC2CO2)c1. The van der Waals surface area contributed by atoms with E-state index in [0.717, 1.165) is 12.4 Å². The summed E-state index contributed by atoms with van der Waals surface area (Å²) in [4.78, 5) is 0. The Kier molecular flexibility index (Phi) is 6.65. The van der Waals surface area contributed by atoms with Crippen LogP contribution in [0.5, 0.6) is 5.75 Å². The third kappa shape index (κ3) is 6.25. The number of hydrogen-bond donors (Lipinski definition) is 0. The van der Waals surface area contributed by atoms with Gasteiger partial charge in [0.1, 0.15) is 18.5 Å². The minimum atomic E-state index is 0.317. The molecule has 1 aromatic carbocycles. The molecule has 110 valence electrons. The molecule has 2 rings (SSSR count). The summed E-state index contributed by atoms with van der Waals surface area (Å²) in [6.07, 6.45) is 12.7. The monoisotopic (exact) mass is 274 g/mol. The molecule has 1 aliphatic heterocycles. The summed E-state index contributed by atoms with van der Waals surface area (Å²) in [6.45, 7) is 3.77. The van der Waals surface area contributed by atoms with Gasteiger partial charge in [-0.3, -0.25) is 0 Å². The molecule has 0 aromatic heterocycles. The van der Waals surface area contributed by atoms with Crippen molar-refractivity contribution in [2.24, 2.45) is 0 Å². The van der Waals surface area contributed by atoms with Crippen molar-refractivity contribution >= 4 is 6.08 Å². The molecule has 2 nitrogen and oxygen atoms in total. The zero-order chi connectivity index (χ0) is 14.0. The van der Waals surface area contributed by atoms with E-state index in [9.17, 15) is 0 Å². The first-order chi connectivity index (χ1) is 9.88. The van der Waals surface area contributed by atoms with Gasteiger partial charge in [0.25, 0.3) is 0 Å². The van der Waals surface area contributed by atoms with Crippen molar-refractivity contribution in [1.82, 2.24) is 0 Å². The molecule has 0 amide bonds.